The number of nitrogens with zero attached hydrogens (tertiary/aromatic N) is 4. The van der Waals surface area contributed by atoms with Gasteiger partial charge in [-0.3, -0.25) is 0 Å². The van der Waals surface area contributed by atoms with Crippen LogP contribution >= 0.6 is 0 Å². The van der Waals surface area contributed by atoms with Crippen LogP contribution in [0, 0.1) is 29.6 Å². The lowest BCUT2D eigenvalue weighted by molar-refractivity contribution is 0.720. The van der Waals surface area contributed by atoms with Gasteiger partial charge in [0.25, 0.3) is 0 Å². The van der Waals surface area contributed by atoms with Crippen molar-refractivity contribution in [3.8, 4) is 12.1 Å². The van der Waals surface area contributed by atoms with Crippen molar-refractivity contribution >= 4 is 5.69 Å². The zero-order chi connectivity index (χ0) is 11.3. The summed E-state index contributed by atoms with van der Waals surface area (Å²) >= 11 is 0. The minimum Gasteiger partial charge on any atom is -0.194 e. The predicted octanol–water partition coefficient (Wildman–Crippen LogP) is 2.88. The molecule has 0 aliphatic carbocycles. The van der Waals surface area contributed by atoms with Gasteiger partial charge in [0.2, 0.25) is 5.54 Å². The van der Waals surface area contributed by atoms with Gasteiger partial charge in [-0.1, -0.05) is 17.7 Å². The first-order valence-electron chi connectivity index (χ1n) is 4.42. The molecule has 0 aliphatic heterocycles. The number of hydrogen-bond donors (Lipinski definition) is 0. The first-order chi connectivity index (χ1) is 7.09. The van der Waals surface area contributed by atoms with Crippen LogP contribution in [0.5, 0.6) is 0 Å². The molecule has 0 spiro atoms. The van der Waals surface area contributed by atoms with E-state index in [1.165, 1.54) is 6.92 Å². The molecule has 15 heavy (non-hydrogen) atoms. The lowest BCUT2D eigenvalue weighted by Gasteiger charge is -2.02. The van der Waals surface area contributed by atoms with E-state index in [0.29, 0.717) is 5.69 Å². The number of benzene rings is 1. The van der Waals surface area contributed by atoms with Crippen molar-refractivity contribution in [2.24, 2.45) is 10.2 Å². The Morgan fingerprint density at radius 1 is 1.13 bits per heavy atom. The Kier molecular flexibility index (Phi) is 3.15. The highest BCUT2D eigenvalue weighted by molar-refractivity contribution is 5.38. The molecule has 74 valence electrons. The molecule has 1 rings (SSSR count). The average Bonchev–Trinajstić information content (AvgIpc) is 2.28. The van der Waals surface area contributed by atoms with E-state index < -0.39 is 5.54 Å². The van der Waals surface area contributed by atoms with Gasteiger partial charge < -0.3 is 0 Å². The smallest absolute Gasteiger partial charge is 0.194 e. The fourth-order valence-corrected chi connectivity index (χ4v) is 0.839. The number of azo groups is 1. The maximum atomic E-state index is 8.68. The molecule has 0 radical (unpaired) electrons. The van der Waals surface area contributed by atoms with Gasteiger partial charge in [-0.15, -0.1) is 0 Å². The maximum absolute atomic E-state index is 8.68. The topological polar surface area (TPSA) is 72.3 Å². The summed E-state index contributed by atoms with van der Waals surface area (Å²) in [5.41, 5.74) is 0.361. The SMILES string of the molecule is Cc1ccc(N=NC(C)(C#N)C#N)cc1. The molecule has 4 nitrogen and oxygen atoms in total. The molecule has 0 aromatic heterocycles. The quantitative estimate of drug-likeness (QED) is 0.685. The van der Waals surface area contributed by atoms with Crippen molar-refractivity contribution in [1.82, 2.24) is 0 Å². The Balaban J connectivity index is 2.88. The molecule has 0 saturated heterocycles. The number of rotatable bonds is 2. The molecular formula is C11H10N4. The van der Waals surface area contributed by atoms with E-state index in [1.54, 1.807) is 24.3 Å². The van der Waals surface area contributed by atoms with E-state index in [4.69, 9.17) is 10.5 Å². The Hall–Kier alpha value is -2.20. The van der Waals surface area contributed by atoms with Gasteiger partial charge in [0.15, 0.2) is 0 Å². The molecule has 0 amide bonds. The van der Waals surface area contributed by atoms with Gasteiger partial charge >= 0.3 is 0 Å². The molecule has 4 heteroatoms. The highest BCUT2D eigenvalue weighted by atomic mass is 15.1. The van der Waals surface area contributed by atoms with Crippen molar-refractivity contribution < 1.29 is 0 Å². The summed E-state index contributed by atoms with van der Waals surface area (Å²) in [5, 5.41) is 24.9. The standard InChI is InChI=1S/C11H10N4/c1-9-3-5-10(6-4-9)14-15-11(2,7-12)8-13/h3-6H,1-2H3. The Bertz CT molecular complexity index is 431. The van der Waals surface area contributed by atoms with Crippen LogP contribution in [0.3, 0.4) is 0 Å². The van der Waals surface area contributed by atoms with E-state index >= 15 is 0 Å². The third-order valence-corrected chi connectivity index (χ3v) is 1.83. The summed E-state index contributed by atoms with van der Waals surface area (Å²) in [6, 6.07) is 10.9. The highest BCUT2D eigenvalue weighted by Gasteiger charge is 2.21. The number of hydrogen-bond acceptors (Lipinski definition) is 4. The molecule has 0 aliphatic rings. The van der Waals surface area contributed by atoms with Crippen molar-refractivity contribution in [3.05, 3.63) is 29.8 Å². The monoisotopic (exact) mass is 198 g/mol. The largest absolute Gasteiger partial charge is 0.249 e. The van der Waals surface area contributed by atoms with Gasteiger partial charge in [0.05, 0.1) is 5.69 Å². The van der Waals surface area contributed by atoms with Gasteiger partial charge in [-0.05, 0) is 26.0 Å². The third-order valence-electron chi connectivity index (χ3n) is 1.83. The highest BCUT2D eigenvalue weighted by Crippen LogP contribution is 2.16. The third kappa shape index (κ3) is 2.89. The van der Waals surface area contributed by atoms with E-state index in [0.717, 1.165) is 5.56 Å². The summed E-state index contributed by atoms with van der Waals surface area (Å²) in [4.78, 5) is 0. The molecule has 0 unspecified atom stereocenters. The molecule has 0 N–H and O–H groups in total. The Morgan fingerprint density at radius 3 is 2.13 bits per heavy atom. The summed E-state index contributed by atoms with van der Waals surface area (Å²) in [5.74, 6) is 0. The van der Waals surface area contributed by atoms with Crippen molar-refractivity contribution in [2.45, 2.75) is 19.4 Å². The number of nitriles is 2. The van der Waals surface area contributed by atoms with Gasteiger partial charge in [-0.2, -0.15) is 20.8 Å². The normalized spacial score (nSPS) is 10.9. The average molecular weight is 198 g/mol. The zero-order valence-electron chi connectivity index (χ0n) is 8.60. The van der Waals surface area contributed by atoms with E-state index in [1.807, 2.05) is 19.1 Å². The van der Waals surface area contributed by atoms with Crippen molar-refractivity contribution in [1.29, 1.82) is 10.5 Å². The molecule has 1 aromatic rings. The summed E-state index contributed by atoms with van der Waals surface area (Å²) in [6.07, 6.45) is 0. The van der Waals surface area contributed by atoms with Crippen LogP contribution in [0.15, 0.2) is 34.5 Å². The maximum Gasteiger partial charge on any atom is 0.249 e. The van der Waals surface area contributed by atoms with Crippen LogP contribution < -0.4 is 0 Å². The molecule has 0 saturated carbocycles. The Labute approximate surface area is 88.5 Å². The molecule has 0 atom stereocenters. The van der Waals surface area contributed by atoms with Crippen LogP contribution in [0.2, 0.25) is 0 Å². The van der Waals surface area contributed by atoms with Gasteiger partial charge in [-0.25, -0.2) is 0 Å². The summed E-state index contributed by atoms with van der Waals surface area (Å²) in [7, 11) is 0. The lowest BCUT2D eigenvalue weighted by Crippen LogP contribution is -2.14. The van der Waals surface area contributed by atoms with E-state index in [2.05, 4.69) is 10.2 Å². The second kappa shape index (κ2) is 4.34. The lowest BCUT2D eigenvalue weighted by atomic mass is 10.1. The van der Waals surface area contributed by atoms with Crippen LogP contribution in [-0.4, -0.2) is 5.54 Å². The zero-order valence-corrected chi connectivity index (χ0v) is 8.60. The van der Waals surface area contributed by atoms with Crippen LogP contribution in [0.25, 0.3) is 0 Å². The fourth-order valence-electron chi connectivity index (χ4n) is 0.839. The van der Waals surface area contributed by atoms with E-state index in [9.17, 15) is 0 Å². The number of aryl methyl sites for hydroxylation is 1. The minimum absolute atomic E-state index is 0.636. The van der Waals surface area contributed by atoms with Crippen molar-refractivity contribution in [3.63, 3.8) is 0 Å². The molecule has 1 aromatic carbocycles. The second-order valence-corrected chi connectivity index (χ2v) is 3.33. The predicted molar refractivity (Wildman–Crippen MR) is 55.3 cm³/mol. The van der Waals surface area contributed by atoms with Crippen molar-refractivity contribution in [2.75, 3.05) is 0 Å². The van der Waals surface area contributed by atoms with Crippen LogP contribution in [-0.2, 0) is 0 Å². The van der Waals surface area contributed by atoms with Crippen LogP contribution in [0.4, 0.5) is 5.69 Å². The first kappa shape index (κ1) is 10.9. The van der Waals surface area contributed by atoms with Gasteiger partial charge in [0, 0.05) is 0 Å². The molecular weight excluding hydrogens is 188 g/mol. The second-order valence-electron chi connectivity index (χ2n) is 3.33. The van der Waals surface area contributed by atoms with Gasteiger partial charge in [0.1, 0.15) is 12.1 Å². The molecule has 0 bridgehead atoms. The minimum atomic E-state index is -1.40. The van der Waals surface area contributed by atoms with Crippen LogP contribution in [0.1, 0.15) is 12.5 Å². The van der Waals surface area contributed by atoms with E-state index in [-0.39, 0.29) is 0 Å². The fraction of sp³-hybridized carbons (Fsp3) is 0.273. The summed E-state index contributed by atoms with van der Waals surface area (Å²) in [6.45, 7) is 3.39. The summed E-state index contributed by atoms with van der Waals surface area (Å²) < 4.78 is 0. The first-order valence-corrected chi connectivity index (χ1v) is 4.42. The molecule has 0 fully saturated rings. The molecule has 0 heterocycles. The Morgan fingerprint density at radius 2 is 1.67 bits per heavy atom.